The number of benzene rings is 1. The second-order valence-corrected chi connectivity index (χ2v) is 4.83. The number of nitro benzene ring substituents is 1. The summed E-state index contributed by atoms with van der Waals surface area (Å²) in [4.78, 5) is 29.9. The molecule has 108 valence electrons. The first-order valence-corrected chi connectivity index (χ1v) is 6.39. The van der Waals surface area contributed by atoms with Gasteiger partial charge in [0.25, 0.3) is 11.6 Å². The van der Waals surface area contributed by atoms with Gasteiger partial charge in [0, 0.05) is 17.3 Å². The molecule has 1 N–H and O–H groups in total. The van der Waals surface area contributed by atoms with Crippen LogP contribution in [0.1, 0.15) is 16.1 Å². The summed E-state index contributed by atoms with van der Waals surface area (Å²) in [5, 5.41) is 13.2. The highest BCUT2D eigenvalue weighted by molar-refractivity contribution is 6.33. The van der Waals surface area contributed by atoms with Crippen molar-refractivity contribution in [1.82, 2.24) is 9.97 Å². The topological polar surface area (TPSA) is 98.0 Å². The van der Waals surface area contributed by atoms with Crippen LogP contribution in [0.15, 0.2) is 24.3 Å². The fourth-order valence-corrected chi connectivity index (χ4v) is 2.04. The molecule has 2 rings (SSSR count). The number of rotatable bonds is 3. The number of anilines is 1. The van der Waals surface area contributed by atoms with E-state index < -0.39 is 10.8 Å². The molecule has 0 spiro atoms. The van der Waals surface area contributed by atoms with Crippen LogP contribution in [0.25, 0.3) is 0 Å². The Morgan fingerprint density at radius 1 is 1.29 bits per heavy atom. The van der Waals surface area contributed by atoms with E-state index in [2.05, 4.69) is 15.3 Å². The lowest BCUT2D eigenvalue weighted by atomic mass is 10.2. The van der Waals surface area contributed by atoms with Crippen LogP contribution in [0.5, 0.6) is 0 Å². The molecular formula is C12H8Cl2N4O3. The van der Waals surface area contributed by atoms with Crippen molar-refractivity contribution in [2.75, 3.05) is 5.32 Å². The van der Waals surface area contributed by atoms with E-state index in [-0.39, 0.29) is 27.4 Å². The van der Waals surface area contributed by atoms with E-state index in [0.29, 0.717) is 5.69 Å². The Balaban J connectivity index is 2.24. The molecule has 0 aliphatic carbocycles. The van der Waals surface area contributed by atoms with Crippen LogP contribution < -0.4 is 5.32 Å². The molecular weight excluding hydrogens is 319 g/mol. The Kier molecular flexibility index (Phi) is 4.35. The van der Waals surface area contributed by atoms with Gasteiger partial charge in [-0.05, 0) is 25.1 Å². The minimum Gasteiger partial charge on any atom is -0.290 e. The Morgan fingerprint density at radius 3 is 2.57 bits per heavy atom. The van der Waals surface area contributed by atoms with Crippen molar-refractivity contribution in [2.24, 2.45) is 0 Å². The lowest BCUT2D eigenvalue weighted by Crippen LogP contribution is -2.14. The number of aryl methyl sites for hydroxylation is 1. The van der Waals surface area contributed by atoms with Gasteiger partial charge in [0.2, 0.25) is 5.95 Å². The molecule has 0 unspecified atom stereocenters. The van der Waals surface area contributed by atoms with Crippen molar-refractivity contribution in [1.29, 1.82) is 0 Å². The van der Waals surface area contributed by atoms with Gasteiger partial charge in [0.1, 0.15) is 10.2 Å². The molecule has 7 nitrogen and oxygen atoms in total. The number of aromatic nitrogens is 2. The number of hydrogen-bond donors (Lipinski definition) is 1. The minimum absolute atomic E-state index is 0.0412. The standard InChI is InChI=1S/C12H8Cl2N4O3/c1-6-4-10(14)16-12(15-6)17-11(19)7-2-3-9(18(20)21)8(13)5-7/h2-5H,1H3,(H,15,16,17,19). The Hall–Kier alpha value is -2.25. The van der Waals surface area contributed by atoms with E-state index in [1.165, 1.54) is 12.1 Å². The summed E-state index contributed by atoms with van der Waals surface area (Å²) in [5.41, 5.74) is 0.460. The summed E-state index contributed by atoms with van der Waals surface area (Å²) in [6.45, 7) is 1.70. The molecule has 0 saturated heterocycles. The van der Waals surface area contributed by atoms with Crippen molar-refractivity contribution in [3.8, 4) is 0 Å². The van der Waals surface area contributed by atoms with E-state index in [1.807, 2.05) is 0 Å². The van der Waals surface area contributed by atoms with Gasteiger partial charge >= 0.3 is 0 Å². The van der Waals surface area contributed by atoms with Crippen molar-refractivity contribution in [3.05, 3.63) is 55.8 Å². The third-order valence-corrected chi connectivity index (χ3v) is 2.95. The average molecular weight is 327 g/mol. The molecule has 0 saturated carbocycles. The first-order chi connectivity index (χ1) is 9.86. The van der Waals surface area contributed by atoms with E-state index in [1.54, 1.807) is 13.0 Å². The van der Waals surface area contributed by atoms with Gasteiger partial charge in [-0.1, -0.05) is 23.2 Å². The lowest BCUT2D eigenvalue weighted by molar-refractivity contribution is -0.384. The number of hydrogen-bond acceptors (Lipinski definition) is 5. The quantitative estimate of drug-likeness (QED) is 0.530. The van der Waals surface area contributed by atoms with E-state index in [4.69, 9.17) is 23.2 Å². The highest BCUT2D eigenvalue weighted by Gasteiger charge is 2.16. The van der Waals surface area contributed by atoms with Crippen LogP contribution in [0.2, 0.25) is 10.2 Å². The Morgan fingerprint density at radius 2 is 2.00 bits per heavy atom. The third kappa shape index (κ3) is 3.65. The van der Waals surface area contributed by atoms with Gasteiger partial charge in [-0.25, -0.2) is 9.97 Å². The molecule has 1 aromatic heterocycles. The number of carbonyl (C=O) groups is 1. The maximum atomic E-state index is 12.0. The molecule has 2 aromatic rings. The van der Waals surface area contributed by atoms with Gasteiger partial charge in [-0.2, -0.15) is 0 Å². The highest BCUT2D eigenvalue weighted by atomic mass is 35.5. The number of nitrogens with zero attached hydrogens (tertiary/aromatic N) is 3. The van der Waals surface area contributed by atoms with E-state index in [0.717, 1.165) is 6.07 Å². The zero-order chi connectivity index (χ0) is 15.6. The second kappa shape index (κ2) is 6.02. The van der Waals surface area contributed by atoms with Crippen LogP contribution in [-0.2, 0) is 0 Å². The summed E-state index contributed by atoms with van der Waals surface area (Å²) in [7, 11) is 0. The maximum absolute atomic E-state index is 12.0. The van der Waals surface area contributed by atoms with Crippen molar-refractivity contribution in [3.63, 3.8) is 0 Å². The van der Waals surface area contributed by atoms with Crippen molar-refractivity contribution < 1.29 is 9.72 Å². The van der Waals surface area contributed by atoms with Gasteiger partial charge < -0.3 is 0 Å². The molecule has 0 atom stereocenters. The predicted molar refractivity (Wildman–Crippen MR) is 77.8 cm³/mol. The van der Waals surface area contributed by atoms with Gasteiger partial charge in [0.15, 0.2) is 0 Å². The molecule has 0 radical (unpaired) electrons. The zero-order valence-corrected chi connectivity index (χ0v) is 12.1. The van der Waals surface area contributed by atoms with Crippen LogP contribution in [0.3, 0.4) is 0 Å². The minimum atomic E-state index is -0.631. The van der Waals surface area contributed by atoms with Crippen LogP contribution in [0.4, 0.5) is 11.6 Å². The SMILES string of the molecule is Cc1cc(Cl)nc(NC(=O)c2ccc([N+](=O)[O-])c(Cl)c2)n1. The molecule has 0 fully saturated rings. The summed E-state index contributed by atoms with van der Waals surface area (Å²) < 4.78 is 0. The molecule has 21 heavy (non-hydrogen) atoms. The average Bonchev–Trinajstić information content (AvgIpc) is 2.36. The number of nitrogens with one attached hydrogen (secondary N) is 1. The normalized spacial score (nSPS) is 10.2. The first-order valence-electron chi connectivity index (χ1n) is 5.63. The fourth-order valence-electron chi connectivity index (χ4n) is 1.56. The highest BCUT2D eigenvalue weighted by Crippen LogP contribution is 2.25. The van der Waals surface area contributed by atoms with Crippen LogP contribution in [-0.4, -0.2) is 20.8 Å². The number of halogens is 2. The van der Waals surface area contributed by atoms with Crippen LogP contribution >= 0.6 is 23.2 Å². The Bertz CT molecular complexity index is 716. The van der Waals surface area contributed by atoms with Gasteiger partial charge in [-0.3, -0.25) is 20.2 Å². The summed E-state index contributed by atoms with van der Waals surface area (Å²) in [6.07, 6.45) is 0. The lowest BCUT2D eigenvalue weighted by Gasteiger charge is -2.05. The van der Waals surface area contributed by atoms with Crippen molar-refractivity contribution in [2.45, 2.75) is 6.92 Å². The van der Waals surface area contributed by atoms with Gasteiger partial charge in [-0.15, -0.1) is 0 Å². The monoisotopic (exact) mass is 326 g/mol. The largest absolute Gasteiger partial charge is 0.290 e. The predicted octanol–water partition coefficient (Wildman–Crippen LogP) is 3.25. The second-order valence-electron chi connectivity index (χ2n) is 4.03. The van der Waals surface area contributed by atoms with E-state index in [9.17, 15) is 14.9 Å². The van der Waals surface area contributed by atoms with Gasteiger partial charge in [0.05, 0.1) is 4.92 Å². The zero-order valence-electron chi connectivity index (χ0n) is 10.6. The molecule has 1 aromatic carbocycles. The van der Waals surface area contributed by atoms with Crippen LogP contribution in [0, 0.1) is 17.0 Å². The summed E-state index contributed by atoms with van der Waals surface area (Å²) >= 11 is 11.5. The maximum Gasteiger partial charge on any atom is 0.287 e. The Labute approximate surface area is 129 Å². The van der Waals surface area contributed by atoms with E-state index >= 15 is 0 Å². The molecule has 9 heteroatoms. The number of nitro groups is 1. The third-order valence-electron chi connectivity index (χ3n) is 2.45. The number of carbonyl (C=O) groups excluding carboxylic acids is 1. The molecule has 1 amide bonds. The molecule has 0 bridgehead atoms. The molecule has 1 heterocycles. The summed E-state index contributed by atoms with van der Waals surface area (Å²) in [6, 6.07) is 5.18. The number of amides is 1. The first kappa shape index (κ1) is 15.1. The fraction of sp³-hybridized carbons (Fsp3) is 0.0833. The smallest absolute Gasteiger partial charge is 0.287 e. The molecule has 0 aliphatic heterocycles. The van der Waals surface area contributed by atoms with Crippen molar-refractivity contribution >= 4 is 40.7 Å². The summed E-state index contributed by atoms with van der Waals surface area (Å²) in [5.74, 6) is -0.507. The molecule has 0 aliphatic rings.